The third kappa shape index (κ3) is 17.3. The molecule has 3 aromatic rings. The molecule has 0 bridgehead atoms. The van der Waals surface area contributed by atoms with Gasteiger partial charge in [0.1, 0.15) is 42.3 Å². The standard InChI is InChI=1S/C49H67N11O12/c1-5-28(4)40(51)46(68)55-34(24-38(50)61)44(66)57-35(23-31-25-52-26-53-31)48(70)60-20-12-17-37(60)45(67)59-41(27(2)3)47(69)56-33(21-29-13-8-6-9-14-29)43(65)54-32(18-19-39(62)63)42(64)58-36(49(71)72)22-30-15-10-7-11-16-30/h6-11,13-16,25-28,32-37,40-41H,5,12,17-24,51H2,1-4H3,(H2,50,61)(H,52,53)(H,54,65)(H,55,68)(H,56,69)(H,57,66)(H,58,64)(H,59,67)(H,62,63)(H,71,72)/t28-,32-,33-,34-,35-,36-,37+,40-,41-/m1/s1. The van der Waals surface area contributed by atoms with Gasteiger partial charge in [0.05, 0.1) is 18.8 Å². The summed E-state index contributed by atoms with van der Waals surface area (Å²) >= 11 is 0. The second-order valence-corrected chi connectivity index (χ2v) is 18.2. The van der Waals surface area contributed by atoms with Gasteiger partial charge in [-0.25, -0.2) is 9.78 Å². The minimum Gasteiger partial charge on any atom is -0.481 e. The number of likely N-dealkylation sites (tertiary alicyclic amines) is 1. The van der Waals surface area contributed by atoms with E-state index >= 15 is 0 Å². The maximum atomic E-state index is 14.5. The number of nitrogens with zero attached hydrogens (tertiary/aromatic N) is 2. The number of primary amides is 1. The summed E-state index contributed by atoms with van der Waals surface area (Å²) in [7, 11) is 0. The number of aromatic amines is 1. The quantitative estimate of drug-likeness (QED) is 0.0424. The van der Waals surface area contributed by atoms with E-state index in [0.717, 1.165) is 0 Å². The molecule has 2 aromatic carbocycles. The minimum atomic E-state index is -1.55. The van der Waals surface area contributed by atoms with E-state index in [-0.39, 0.29) is 38.1 Å². The van der Waals surface area contributed by atoms with Gasteiger partial charge < -0.3 is 63.5 Å². The average Bonchev–Trinajstić information content (AvgIpc) is 4.06. The fraction of sp³-hybridized carbons (Fsp3) is 0.490. The fourth-order valence-electron chi connectivity index (χ4n) is 8.02. The van der Waals surface area contributed by atoms with Gasteiger partial charge in [0, 0.05) is 44.1 Å². The maximum absolute atomic E-state index is 14.5. The van der Waals surface area contributed by atoms with Gasteiger partial charge in [-0.1, -0.05) is 94.8 Å². The molecule has 72 heavy (non-hydrogen) atoms. The van der Waals surface area contributed by atoms with Crippen LogP contribution in [0.5, 0.6) is 0 Å². The van der Waals surface area contributed by atoms with Crippen molar-refractivity contribution in [2.24, 2.45) is 23.3 Å². The summed E-state index contributed by atoms with van der Waals surface area (Å²) in [5, 5.41) is 34.9. The topological polar surface area (TPSA) is 367 Å². The lowest BCUT2D eigenvalue weighted by molar-refractivity contribution is -0.143. The summed E-state index contributed by atoms with van der Waals surface area (Å²) in [6, 6.07) is 6.27. The maximum Gasteiger partial charge on any atom is 0.326 e. The van der Waals surface area contributed by atoms with Crippen LogP contribution in [0.1, 0.15) is 83.0 Å². The smallest absolute Gasteiger partial charge is 0.326 e. The number of hydrogen-bond acceptors (Lipinski definition) is 12. The molecule has 23 nitrogen and oxygen atoms in total. The van der Waals surface area contributed by atoms with Crippen LogP contribution in [-0.2, 0) is 67.2 Å². The first kappa shape index (κ1) is 56.9. The van der Waals surface area contributed by atoms with Crippen molar-refractivity contribution in [3.05, 3.63) is 90.0 Å². The van der Waals surface area contributed by atoms with Gasteiger partial charge in [0.15, 0.2) is 0 Å². The summed E-state index contributed by atoms with van der Waals surface area (Å²) in [6.45, 7) is 6.93. The van der Waals surface area contributed by atoms with Crippen LogP contribution in [0.2, 0.25) is 0 Å². The highest BCUT2D eigenvalue weighted by Crippen LogP contribution is 2.21. The number of carbonyl (C=O) groups excluding carboxylic acids is 8. The van der Waals surface area contributed by atoms with E-state index in [9.17, 15) is 58.2 Å². The first-order valence-electron chi connectivity index (χ1n) is 23.8. The number of imidazole rings is 1. The van der Waals surface area contributed by atoms with E-state index in [1.54, 1.807) is 81.4 Å². The van der Waals surface area contributed by atoms with Crippen LogP contribution in [0.3, 0.4) is 0 Å². The van der Waals surface area contributed by atoms with Gasteiger partial charge in [0.25, 0.3) is 0 Å². The molecule has 2 heterocycles. The van der Waals surface area contributed by atoms with E-state index in [1.807, 2.05) is 6.92 Å². The first-order chi connectivity index (χ1) is 34.2. The highest BCUT2D eigenvalue weighted by atomic mass is 16.4. The fourth-order valence-corrected chi connectivity index (χ4v) is 8.02. The zero-order valence-corrected chi connectivity index (χ0v) is 40.8. The Hall–Kier alpha value is -7.69. The largest absolute Gasteiger partial charge is 0.481 e. The molecule has 0 unspecified atom stereocenters. The summed E-state index contributed by atoms with van der Waals surface area (Å²) in [6.07, 6.45) is 1.86. The number of carbonyl (C=O) groups is 10. The SMILES string of the molecule is CC[C@@H](C)[C@@H](N)C(=O)N[C@H](CC(N)=O)C(=O)N[C@H](Cc1cnc[nH]1)C(=O)N1CCC[C@H]1C(=O)N[C@@H](C(=O)N[C@H](Cc1ccccc1)C(=O)N[C@H](CCC(=O)O)C(=O)N[C@H](Cc1ccccc1)C(=O)O)C(C)C. The third-order valence-electron chi connectivity index (χ3n) is 12.4. The van der Waals surface area contributed by atoms with Crippen molar-refractivity contribution in [2.75, 3.05) is 6.54 Å². The van der Waals surface area contributed by atoms with Gasteiger partial charge in [-0.3, -0.25) is 43.2 Å². The zero-order chi connectivity index (χ0) is 53.1. The molecule has 1 fully saturated rings. The molecule has 0 aliphatic carbocycles. The van der Waals surface area contributed by atoms with Crippen LogP contribution in [0.4, 0.5) is 0 Å². The average molecular weight is 1000 g/mol. The molecule has 13 N–H and O–H groups in total. The second kappa shape index (κ2) is 27.6. The van der Waals surface area contributed by atoms with E-state index in [1.165, 1.54) is 17.4 Å². The molecule has 23 heteroatoms. The van der Waals surface area contributed by atoms with Crippen LogP contribution >= 0.6 is 0 Å². The predicted octanol–water partition coefficient (Wildman–Crippen LogP) is -0.808. The number of carboxylic acid groups (broad SMARTS) is 2. The highest BCUT2D eigenvalue weighted by molar-refractivity contribution is 5.99. The van der Waals surface area contributed by atoms with E-state index in [0.29, 0.717) is 29.7 Å². The molecule has 1 saturated heterocycles. The van der Waals surface area contributed by atoms with Crippen LogP contribution in [0.25, 0.3) is 0 Å². The summed E-state index contributed by atoms with van der Waals surface area (Å²) in [5.41, 5.74) is 13.1. The number of hydrogen-bond donors (Lipinski definition) is 11. The van der Waals surface area contributed by atoms with Crippen LogP contribution in [-0.4, -0.2) is 139 Å². The van der Waals surface area contributed by atoms with Crippen LogP contribution in [0, 0.1) is 11.8 Å². The second-order valence-electron chi connectivity index (χ2n) is 18.2. The minimum absolute atomic E-state index is 0.0748. The van der Waals surface area contributed by atoms with E-state index < -0.39 is 133 Å². The van der Waals surface area contributed by atoms with Crippen molar-refractivity contribution in [1.29, 1.82) is 0 Å². The monoisotopic (exact) mass is 1000 g/mol. The molecule has 9 atom stereocenters. The lowest BCUT2D eigenvalue weighted by atomic mass is 9.98. The molecule has 1 aliphatic rings. The van der Waals surface area contributed by atoms with E-state index in [4.69, 9.17) is 11.5 Å². The van der Waals surface area contributed by atoms with Gasteiger partial charge in [0.2, 0.25) is 47.3 Å². The number of rotatable bonds is 28. The van der Waals surface area contributed by atoms with Crippen LogP contribution < -0.4 is 43.4 Å². The van der Waals surface area contributed by atoms with Crippen molar-refractivity contribution < 1.29 is 58.2 Å². The van der Waals surface area contributed by atoms with Crippen molar-refractivity contribution in [3.8, 4) is 0 Å². The molecule has 0 spiro atoms. The molecule has 390 valence electrons. The lowest BCUT2D eigenvalue weighted by Gasteiger charge is -2.31. The first-order valence-corrected chi connectivity index (χ1v) is 23.8. The van der Waals surface area contributed by atoms with Crippen molar-refractivity contribution in [2.45, 2.75) is 134 Å². The Morgan fingerprint density at radius 1 is 0.708 bits per heavy atom. The Balaban J connectivity index is 1.55. The summed E-state index contributed by atoms with van der Waals surface area (Å²) in [4.78, 5) is 142. The Kier molecular flexibility index (Phi) is 21.8. The predicted molar refractivity (Wildman–Crippen MR) is 259 cm³/mol. The number of amides is 8. The molecule has 8 amide bonds. The lowest BCUT2D eigenvalue weighted by Crippen LogP contribution is -2.61. The van der Waals surface area contributed by atoms with Crippen molar-refractivity contribution in [3.63, 3.8) is 0 Å². The number of nitrogens with one attached hydrogen (secondary N) is 7. The number of nitrogens with two attached hydrogens (primary N) is 2. The van der Waals surface area contributed by atoms with Gasteiger partial charge in [-0.05, 0) is 42.2 Å². The Bertz CT molecular complexity index is 2350. The van der Waals surface area contributed by atoms with Gasteiger partial charge >= 0.3 is 11.9 Å². The van der Waals surface area contributed by atoms with Crippen LogP contribution in [0.15, 0.2) is 73.2 Å². The number of benzene rings is 2. The Morgan fingerprint density at radius 2 is 1.25 bits per heavy atom. The number of H-pyrrole nitrogens is 1. The molecular formula is C49H67N11O12. The van der Waals surface area contributed by atoms with Crippen molar-refractivity contribution in [1.82, 2.24) is 46.8 Å². The number of aliphatic carboxylic acids is 2. The Morgan fingerprint density at radius 3 is 1.79 bits per heavy atom. The molecule has 1 aromatic heterocycles. The molecule has 0 radical (unpaired) electrons. The number of carboxylic acids is 2. The normalized spacial score (nSPS) is 16.6. The van der Waals surface area contributed by atoms with Crippen molar-refractivity contribution >= 4 is 59.2 Å². The highest BCUT2D eigenvalue weighted by Gasteiger charge is 2.41. The Labute approximate surface area is 416 Å². The van der Waals surface area contributed by atoms with E-state index in [2.05, 4.69) is 41.9 Å². The summed E-state index contributed by atoms with van der Waals surface area (Å²) in [5.74, 6) is -10.2. The molecule has 4 rings (SSSR count). The third-order valence-corrected chi connectivity index (χ3v) is 12.4. The molecular weight excluding hydrogens is 935 g/mol. The zero-order valence-electron chi connectivity index (χ0n) is 40.8. The van der Waals surface area contributed by atoms with Gasteiger partial charge in [-0.2, -0.15) is 0 Å². The molecule has 0 saturated carbocycles. The summed E-state index contributed by atoms with van der Waals surface area (Å²) < 4.78 is 0. The van der Waals surface area contributed by atoms with Gasteiger partial charge in [-0.15, -0.1) is 0 Å². The number of aromatic nitrogens is 2. The molecule has 1 aliphatic heterocycles.